The predicted molar refractivity (Wildman–Crippen MR) is 66.9 cm³/mol. The fourth-order valence-corrected chi connectivity index (χ4v) is 1.94. The van der Waals surface area contributed by atoms with E-state index >= 15 is 0 Å². The van der Waals surface area contributed by atoms with Crippen molar-refractivity contribution in [2.24, 2.45) is 0 Å². The number of nitrogens with one attached hydrogen (secondary N) is 1. The lowest BCUT2D eigenvalue weighted by Gasteiger charge is -2.00. The number of aromatic nitrogens is 4. The number of aryl methyl sites for hydroxylation is 1. The van der Waals surface area contributed by atoms with E-state index in [0.717, 1.165) is 28.1 Å². The minimum absolute atomic E-state index is 0.253. The van der Waals surface area contributed by atoms with E-state index in [1.807, 2.05) is 31.2 Å². The van der Waals surface area contributed by atoms with Gasteiger partial charge in [0, 0.05) is 11.8 Å². The van der Waals surface area contributed by atoms with Crippen LogP contribution in [0.1, 0.15) is 5.82 Å². The van der Waals surface area contributed by atoms with E-state index in [2.05, 4.69) is 19.9 Å². The molecule has 0 atom stereocenters. The quantitative estimate of drug-likeness (QED) is 0.670. The molecular formula is C12H9ClN4. The molecule has 3 rings (SSSR count). The molecule has 5 heteroatoms. The van der Waals surface area contributed by atoms with Crippen LogP contribution in [-0.4, -0.2) is 19.9 Å². The smallest absolute Gasteiger partial charge is 0.222 e. The molecule has 1 N–H and O–H groups in total. The van der Waals surface area contributed by atoms with E-state index in [4.69, 9.17) is 11.6 Å². The summed E-state index contributed by atoms with van der Waals surface area (Å²) in [7, 11) is 0. The molecule has 0 radical (unpaired) electrons. The number of aromatic amines is 1. The van der Waals surface area contributed by atoms with Crippen LogP contribution in [-0.2, 0) is 0 Å². The van der Waals surface area contributed by atoms with Crippen LogP contribution >= 0.6 is 11.6 Å². The highest BCUT2D eigenvalue weighted by atomic mass is 35.5. The second-order valence-electron chi connectivity index (χ2n) is 3.77. The van der Waals surface area contributed by atoms with Crippen LogP contribution in [0.2, 0.25) is 5.28 Å². The van der Waals surface area contributed by atoms with Crippen molar-refractivity contribution >= 4 is 22.6 Å². The molecule has 0 unspecified atom stereocenters. The van der Waals surface area contributed by atoms with Gasteiger partial charge in [-0.15, -0.1) is 0 Å². The summed E-state index contributed by atoms with van der Waals surface area (Å²) in [6, 6.07) is 7.77. The van der Waals surface area contributed by atoms with Crippen molar-refractivity contribution in [2.75, 3.05) is 0 Å². The van der Waals surface area contributed by atoms with Crippen LogP contribution in [0.15, 0.2) is 30.5 Å². The highest BCUT2D eigenvalue weighted by Gasteiger charge is 2.04. The standard InChI is InChI=1S/C12H9ClN4/c1-7-15-10-3-2-8(6-11(10)16-7)9-4-5-14-12(13)17-9/h2-6H,1H3,(H,15,16). The fourth-order valence-electron chi connectivity index (χ4n) is 1.79. The minimum Gasteiger partial charge on any atom is -0.342 e. The molecule has 0 fully saturated rings. The zero-order valence-corrected chi connectivity index (χ0v) is 9.86. The van der Waals surface area contributed by atoms with Gasteiger partial charge in [0.25, 0.3) is 0 Å². The second-order valence-corrected chi connectivity index (χ2v) is 4.10. The fraction of sp³-hybridized carbons (Fsp3) is 0.0833. The molecule has 0 bridgehead atoms. The lowest BCUT2D eigenvalue weighted by atomic mass is 10.1. The van der Waals surface area contributed by atoms with Gasteiger partial charge in [-0.3, -0.25) is 0 Å². The van der Waals surface area contributed by atoms with Crippen molar-refractivity contribution < 1.29 is 0 Å². The van der Waals surface area contributed by atoms with E-state index in [-0.39, 0.29) is 5.28 Å². The third-order valence-electron chi connectivity index (χ3n) is 2.52. The Labute approximate surface area is 103 Å². The Hall–Kier alpha value is -1.94. The van der Waals surface area contributed by atoms with Gasteiger partial charge in [-0.1, -0.05) is 6.07 Å². The predicted octanol–water partition coefficient (Wildman–Crippen LogP) is 2.98. The number of H-pyrrole nitrogens is 1. The van der Waals surface area contributed by atoms with Gasteiger partial charge in [-0.2, -0.15) is 0 Å². The van der Waals surface area contributed by atoms with Crippen LogP contribution in [0.4, 0.5) is 0 Å². The highest BCUT2D eigenvalue weighted by Crippen LogP contribution is 2.22. The molecule has 4 nitrogen and oxygen atoms in total. The highest BCUT2D eigenvalue weighted by molar-refractivity contribution is 6.28. The molecule has 1 aromatic carbocycles. The van der Waals surface area contributed by atoms with Gasteiger partial charge in [0.2, 0.25) is 5.28 Å². The SMILES string of the molecule is Cc1nc2ccc(-c3ccnc(Cl)n3)cc2[nH]1. The largest absolute Gasteiger partial charge is 0.342 e. The molecule has 17 heavy (non-hydrogen) atoms. The average Bonchev–Trinajstić information content (AvgIpc) is 2.68. The summed E-state index contributed by atoms with van der Waals surface area (Å²) >= 11 is 5.77. The summed E-state index contributed by atoms with van der Waals surface area (Å²) in [5.41, 5.74) is 3.74. The molecule has 0 saturated heterocycles. The van der Waals surface area contributed by atoms with Crippen molar-refractivity contribution in [1.82, 2.24) is 19.9 Å². The first-order valence-corrected chi connectivity index (χ1v) is 5.55. The molecule has 2 heterocycles. The monoisotopic (exact) mass is 244 g/mol. The number of benzene rings is 1. The van der Waals surface area contributed by atoms with Crippen molar-refractivity contribution in [2.45, 2.75) is 6.92 Å². The maximum atomic E-state index is 5.77. The molecule has 0 spiro atoms. The minimum atomic E-state index is 0.253. The first-order valence-electron chi connectivity index (χ1n) is 5.18. The zero-order chi connectivity index (χ0) is 11.8. The molecule has 0 amide bonds. The van der Waals surface area contributed by atoms with E-state index in [1.165, 1.54) is 0 Å². The van der Waals surface area contributed by atoms with E-state index in [0.29, 0.717) is 0 Å². The van der Waals surface area contributed by atoms with Crippen molar-refractivity contribution in [3.8, 4) is 11.3 Å². The number of imidazole rings is 1. The summed E-state index contributed by atoms with van der Waals surface area (Å²) in [4.78, 5) is 15.6. The Bertz CT molecular complexity index is 690. The maximum Gasteiger partial charge on any atom is 0.222 e. The van der Waals surface area contributed by atoms with Gasteiger partial charge >= 0.3 is 0 Å². The van der Waals surface area contributed by atoms with E-state index in [9.17, 15) is 0 Å². The molecular weight excluding hydrogens is 236 g/mol. The summed E-state index contributed by atoms with van der Waals surface area (Å²) < 4.78 is 0. The number of hydrogen-bond acceptors (Lipinski definition) is 3. The van der Waals surface area contributed by atoms with E-state index in [1.54, 1.807) is 6.20 Å². The first-order chi connectivity index (χ1) is 8.22. The molecule has 0 aliphatic rings. The second kappa shape index (κ2) is 3.82. The summed E-state index contributed by atoms with van der Waals surface area (Å²) in [6.07, 6.45) is 1.65. The maximum absolute atomic E-state index is 5.77. The number of halogens is 1. The number of nitrogens with zero attached hydrogens (tertiary/aromatic N) is 3. The molecule has 2 aromatic heterocycles. The molecule has 0 aliphatic carbocycles. The van der Waals surface area contributed by atoms with Crippen molar-refractivity contribution in [3.05, 3.63) is 41.6 Å². The Morgan fingerprint density at radius 2 is 2.06 bits per heavy atom. The summed E-state index contributed by atoms with van der Waals surface area (Å²) in [6.45, 7) is 1.93. The lowest BCUT2D eigenvalue weighted by Crippen LogP contribution is -1.86. The third-order valence-corrected chi connectivity index (χ3v) is 2.70. The molecule has 0 saturated carbocycles. The number of fused-ring (bicyclic) bond motifs is 1. The van der Waals surface area contributed by atoms with Crippen LogP contribution in [0, 0.1) is 6.92 Å². The Morgan fingerprint density at radius 1 is 1.18 bits per heavy atom. The number of rotatable bonds is 1. The molecule has 0 aliphatic heterocycles. The van der Waals surface area contributed by atoms with E-state index < -0.39 is 0 Å². The zero-order valence-electron chi connectivity index (χ0n) is 9.11. The summed E-state index contributed by atoms with van der Waals surface area (Å²) in [5.74, 6) is 0.901. The van der Waals surface area contributed by atoms with Crippen molar-refractivity contribution in [1.29, 1.82) is 0 Å². The topological polar surface area (TPSA) is 54.5 Å². The first kappa shape index (κ1) is 10.2. The van der Waals surface area contributed by atoms with Gasteiger partial charge in [-0.05, 0) is 36.7 Å². The van der Waals surface area contributed by atoms with Crippen LogP contribution in [0.25, 0.3) is 22.3 Å². The van der Waals surface area contributed by atoms with Gasteiger partial charge in [0.15, 0.2) is 0 Å². The Balaban J connectivity index is 2.17. The van der Waals surface area contributed by atoms with Gasteiger partial charge in [-0.25, -0.2) is 15.0 Å². The van der Waals surface area contributed by atoms with Gasteiger partial charge in [0.05, 0.1) is 16.7 Å². The summed E-state index contributed by atoms with van der Waals surface area (Å²) in [5, 5.41) is 0.253. The average molecular weight is 245 g/mol. The molecule has 3 aromatic rings. The van der Waals surface area contributed by atoms with Gasteiger partial charge < -0.3 is 4.98 Å². The Morgan fingerprint density at radius 3 is 2.88 bits per heavy atom. The Kier molecular flexibility index (Phi) is 2.30. The third kappa shape index (κ3) is 1.87. The lowest BCUT2D eigenvalue weighted by molar-refractivity contribution is 1.17. The van der Waals surface area contributed by atoms with Crippen molar-refractivity contribution in [3.63, 3.8) is 0 Å². The molecule has 84 valence electrons. The normalized spacial score (nSPS) is 10.9. The van der Waals surface area contributed by atoms with Crippen LogP contribution in [0.3, 0.4) is 0 Å². The van der Waals surface area contributed by atoms with Gasteiger partial charge in [0.1, 0.15) is 5.82 Å². The van der Waals surface area contributed by atoms with Crippen LogP contribution in [0.5, 0.6) is 0 Å². The number of hydrogen-bond donors (Lipinski definition) is 1. The van der Waals surface area contributed by atoms with Crippen LogP contribution < -0.4 is 0 Å².